The van der Waals surface area contributed by atoms with Crippen molar-refractivity contribution < 1.29 is 63.3 Å². The van der Waals surface area contributed by atoms with E-state index < -0.39 is 185 Å². The molecule has 0 N–H and O–H groups in total. The Morgan fingerprint density at radius 1 is 0.483 bits per heavy atom. The first-order chi connectivity index (χ1) is 51.9. The molecule has 0 saturated carbocycles. The molecule has 14 rings (SSSR count). The SMILES string of the molecule is [2H]c1c([2H])c([2H])c(-c2cccc(-c3c([2H])c([2H])c([2H])c([Si](c4c([2H])c([2H])c([2H])c([2H])c4[2H])(c4c([2H])c([2H])c([2H])c([2H])c4[2H])c4c([2H])c([2H])c([2H])c([2H])c4[2H])c3[2H])c2-[n+]2[c-]n(-c3[c-]c(Oc4[c-]c5c(cc4)c4ccccc4n5-c4cc(C(C)(C)C)ccn4)ccc3)c3cc(-c4ccc(C(C)(C)C)cc4)ccc32)c([2H])c1[2H].[Pt]. The summed E-state index contributed by atoms with van der Waals surface area (Å²) in [7, 11) is -6.41. The summed E-state index contributed by atoms with van der Waals surface area (Å²) in [5, 5.41) is -2.40. The first kappa shape index (κ1) is 35.2. The number of nitrogens with zero attached hydrogens (tertiary/aromatic N) is 4. The Hall–Kier alpha value is -9.45. The molecule has 0 spiro atoms. The molecular formula is C80H64N4OPtSi-2. The third-order valence-electron chi connectivity index (χ3n) is 15.3. The molecule has 3 heterocycles. The monoisotopic (exact) mass is 1340 g/mol. The van der Waals surface area contributed by atoms with Crippen LogP contribution in [-0.2, 0) is 31.9 Å². The van der Waals surface area contributed by atoms with Crippen molar-refractivity contribution in [3.8, 4) is 62.1 Å². The number of pyridine rings is 1. The second-order valence-corrected chi connectivity index (χ2v) is 26.1. The van der Waals surface area contributed by atoms with Crippen molar-refractivity contribution in [1.29, 1.82) is 0 Å². The van der Waals surface area contributed by atoms with Crippen LogP contribution in [0.25, 0.3) is 83.4 Å². The zero-order valence-corrected chi connectivity index (χ0v) is 51.0. The number of hydrogen-bond acceptors (Lipinski definition) is 2. The maximum atomic E-state index is 10.9. The Kier molecular flexibility index (Phi) is 9.35. The van der Waals surface area contributed by atoms with Crippen LogP contribution in [0.2, 0.25) is 0 Å². The summed E-state index contributed by atoms with van der Waals surface area (Å²) >= 11 is 0. The molecule has 3 aromatic heterocycles. The molecule has 7 heteroatoms. The predicted octanol–water partition coefficient (Wildman–Crippen LogP) is 16.6. The number of fused-ring (bicyclic) bond motifs is 4. The summed E-state index contributed by atoms with van der Waals surface area (Å²) < 4.78 is 239. The van der Waals surface area contributed by atoms with E-state index in [2.05, 4.69) is 60.0 Å². The second-order valence-electron chi connectivity index (χ2n) is 22.6. The van der Waals surface area contributed by atoms with Crippen LogP contribution >= 0.6 is 0 Å². The Morgan fingerprint density at radius 2 is 1.07 bits per heavy atom. The van der Waals surface area contributed by atoms with Gasteiger partial charge in [-0.2, -0.15) is 18.2 Å². The largest absolute Gasteiger partial charge is 0.510 e. The summed E-state index contributed by atoms with van der Waals surface area (Å²) in [5.41, 5.74) is 3.47. The van der Waals surface area contributed by atoms with Gasteiger partial charge < -0.3 is 13.9 Å². The molecule has 14 aromatic rings. The van der Waals surface area contributed by atoms with Gasteiger partial charge in [0.25, 0.3) is 6.33 Å². The van der Waals surface area contributed by atoms with Gasteiger partial charge in [0.05, 0.1) is 49.6 Å². The summed E-state index contributed by atoms with van der Waals surface area (Å²) in [4.78, 5) is 4.83. The van der Waals surface area contributed by atoms with E-state index in [1.165, 1.54) is 22.8 Å². The fraction of sp³-hybridized carbons (Fsp3) is 0.100. The molecular weight excluding hydrogens is 1260 g/mol. The molecule has 0 fully saturated rings. The van der Waals surface area contributed by atoms with Gasteiger partial charge in [-0.05, 0) is 111 Å². The van der Waals surface area contributed by atoms with Gasteiger partial charge in [-0.25, -0.2) is 4.98 Å². The van der Waals surface area contributed by atoms with Crippen molar-refractivity contribution in [1.82, 2.24) is 14.1 Å². The van der Waals surface area contributed by atoms with E-state index in [-0.39, 0.29) is 71.4 Å². The van der Waals surface area contributed by atoms with Crippen molar-refractivity contribution in [3.05, 3.63) is 308 Å². The van der Waals surface area contributed by atoms with Crippen molar-refractivity contribution in [2.45, 2.75) is 52.4 Å². The van der Waals surface area contributed by atoms with Gasteiger partial charge in [0, 0.05) is 44.3 Å². The van der Waals surface area contributed by atoms with Crippen molar-refractivity contribution in [2.24, 2.45) is 0 Å². The average Bonchev–Trinajstić information content (AvgIpc) is 1.21. The third kappa shape index (κ3) is 10.5. The normalized spacial score (nSPS) is 15.8. The third-order valence-corrected chi connectivity index (χ3v) is 19.3. The molecule has 0 aliphatic carbocycles. The molecule has 426 valence electrons. The molecule has 0 saturated heterocycles. The molecule has 87 heavy (non-hydrogen) atoms. The van der Waals surface area contributed by atoms with Crippen LogP contribution in [-0.4, -0.2) is 22.2 Å². The van der Waals surface area contributed by atoms with Crippen LogP contribution in [0.4, 0.5) is 0 Å². The average molecular weight is 1340 g/mol. The van der Waals surface area contributed by atoms with E-state index >= 15 is 0 Å². The zero-order valence-electron chi connectivity index (χ0n) is 71.7. The fourth-order valence-corrected chi connectivity index (χ4v) is 14.6. The van der Waals surface area contributed by atoms with Gasteiger partial charge >= 0.3 is 0 Å². The summed E-state index contributed by atoms with van der Waals surface area (Å²) in [5.74, 6) is 1.13. The first-order valence-electron chi connectivity index (χ1n) is 39.6. The number of aromatic nitrogens is 4. The van der Waals surface area contributed by atoms with Crippen LogP contribution in [0.1, 0.15) is 85.6 Å². The van der Waals surface area contributed by atoms with Crippen molar-refractivity contribution in [2.75, 3.05) is 0 Å². The summed E-state index contributed by atoms with van der Waals surface area (Å²) in [6, 6.07) is 19.6. The molecule has 11 aromatic carbocycles. The molecule has 0 bridgehead atoms. The molecule has 0 aliphatic heterocycles. The van der Waals surface area contributed by atoms with Crippen LogP contribution in [0, 0.1) is 18.5 Å². The Balaban J connectivity index is 0.0000108. The van der Waals surface area contributed by atoms with E-state index in [1.54, 1.807) is 47.2 Å². The van der Waals surface area contributed by atoms with Crippen molar-refractivity contribution in [3.63, 3.8) is 0 Å². The van der Waals surface area contributed by atoms with Gasteiger partial charge in [-0.1, -0.05) is 265 Å². The van der Waals surface area contributed by atoms with E-state index in [0.29, 0.717) is 22.4 Å². The first-order valence-corrected chi connectivity index (χ1v) is 29.6. The predicted molar refractivity (Wildman–Crippen MR) is 357 cm³/mol. The van der Waals surface area contributed by atoms with Gasteiger partial charge in [-0.3, -0.25) is 4.57 Å². The standard InChI is InChI=1S/C80H64N4OSi.Pt/c1-79(2,3)60-43-40-56(41-44-60)58-42-47-74-76(51-58)82(62-27-22-28-63(53-62)85-64-45-46-72-71-36-19-20-39-73(71)84(75(72)54-64)77-52-61(48-49-81-77)80(4,5)6)55-83(74)78-69(57-24-11-7-12-25-57)37-23-38-70(78)59-26-21-35-68(50-59)86(65-29-13-8-14-30-65,66-31-15-9-16-32-66)67-33-17-10-18-34-67;/h7-52H,1-6H3;/q-2;/i7D,8D,9D,10D,11D,12D,13D,14D,15D,16D,17D,18D,21D,24D,25D,26D,29D,30D,31D,32D,33D,34D,35D,50D;. The van der Waals surface area contributed by atoms with E-state index in [0.717, 1.165) is 33.0 Å². The maximum Gasteiger partial charge on any atom is 0.268 e. The quantitative estimate of drug-likeness (QED) is 0.0529. The Labute approximate surface area is 559 Å². The Bertz CT molecular complexity index is 6030. The molecule has 0 amide bonds. The van der Waals surface area contributed by atoms with E-state index in [1.807, 2.05) is 77.4 Å². The molecule has 5 nitrogen and oxygen atoms in total. The molecule has 0 aliphatic rings. The topological polar surface area (TPSA) is 35.9 Å². The number of rotatable bonds is 12. The number of benzene rings is 11. The summed E-state index contributed by atoms with van der Waals surface area (Å²) in [6.45, 7) is 12.6. The minimum Gasteiger partial charge on any atom is -0.510 e. The van der Waals surface area contributed by atoms with Crippen molar-refractivity contribution >= 4 is 61.7 Å². The Morgan fingerprint density at radius 3 is 1.74 bits per heavy atom. The smallest absolute Gasteiger partial charge is 0.268 e. The van der Waals surface area contributed by atoms with Crippen LogP contribution in [0.3, 0.4) is 0 Å². The summed E-state index contributed by atoms with van der Waals surface area (Å²) in [6.07, 6.45) is 5.21. The van der Waals surface area contributed by atoms with Crippen LogP contribution < -0.4 is 30.1 Å². The van der Waals surface area contributed by atoms with E-state index in [9.17, 15) is 24.7 Å². The molecule has 0 radical (unpaired) electrons. The van der Waals surface area contributed by atoms with Gasteiger partial charge in [0.1, 0.15) is 5.82 Å². The van der Waals surface area contributed by atoms with E-state index in [4.69, 9.17) is 17.9 Å². The second kappa shape index (κ2) is 23.1. The number of hydrogen-bond donors (Lipinski definition) is 0. The minimum absolute atomic E-state index is 0. The number of ether oxygens (including phenoxy) is 1. The minimum atomic E-state index is -6.41. The maximum absolute atomic E-state index is 10.9. The molecule has 0 unspecified atom stereocenters. The number of para-hydroxylation sites is 2. The fourth-order valence-electron chi connectivity index (χ4n) is 11.0. The van der Waals surface area contributed by atoms with Crippen LogP contribution in [0.15, 0.2) is 279 Å². The number of imidazole rings is 1. The van der Waals surface area contributed by atoms with Gasteiger partial charge in [0.15, 0.2) is 8.07 Å². The van der Waals surface area contributed by atoms with Gasteiger partial charge in [0.2, 0.25) is 0 Å². The zero-order chi connectivity index (χ0) is 79.5. The van der Waals surface area contributed by atoms with Crippen LogP contribution in [0.5, 0.6) is 11.5 Å². The van der Waals surface area contributed by atoms with Gasteiger partial charge in [-0.15, -0.1) is 29.7 Å². The molecule has 0 atom stereocenters.